The van der Waals surface area contributed by atoms with Gasteiger partial charge in [-0.25, -0.2) is 0 Å². The predicted molar refractivity (Wildman–Crippen MR) is 85.8 cm³/mol. The normalized spacial score (nSPS) is 10.7. The van der Waals surface area contributed by atoms with E-state index in [2.05, 4.69) is 0 Å². The lowest BCUT2D eigenvalue weighted by Gasteiger charge is -2.10. The Hall–Kier alpha value is -2.67. The first kappa shape index (κ1) is 15.2. The Morgan fingerprint density at radius 1 is 1.26 bits per heavy atom. The summed E-state index contributed by atoms with van der Waals surface area (Å²) in [7, 11) is 1.35. The average molecular weight is 333 g/mol. The van der Waals surface area contributed by atoms with Crippen molar-refractivity contribution in [2.45, 2.75) is 6.61 Å². The summed E-state index contributed by atoms with van der Waals surface area (Å²) in [6, 6.07) is 9.88. The van der Waals surface area contributed by atoms with Crippen LogP contribution in [0.2, 0.25) is 0 Å². The monoisotopic (exact) mass is 333 g/mol. The van der Waals surface area contributed by atoms with E-state index in [9.17, 15) is 14.5 Å². The van der Waals surface area contributed by atoms with Crippen molar-refractivity contribution in [1.29, 1.82) is 0 Å². The van der Waals surface area contributed by atoms with Crippen LogP contribution in [0.1, 0.15) is 5.56 Å². The van der Waals surface area contributed by atoms with Gasteiger partial charge in [-0.05, 0) is 16.8 Å². The Morgan fingerprint density at radius 2 is 2.04 bits per heavy atom. The van der Waals surface area contributed by atoms with Gasteiger partial charge in [0.05, 0.1) is 18.1 Å². The highest BCUT2D eigenvalue weighted by molar-refractivity contribution is 7.17. The third kappa shape index (κ3) is 2.95. The van der Waals surface area contributed by atoms with Crippen LogP contribution in [0.25, 0.3) is 10.1 Å². The molecule has 0 amide bonds. The molecule has 3 aromatic rings. The van der Waals surface area contributed by atoms with Gasteiger partial charge in [0, 0.05) is 16.3 Å². The summed E-state index contributed by atoms with van der Waals surface area (Å²) in [5, 5.41) is 13.9. The van der Waals surface area contributed by atoms with E-state index in [-0.39, 0.29) is 18.1 Å². The van der Waals surface area contributed by atoms with E-state index in [4.69, 9.17) is 9.47 Å². The minimum absolute atomic E-state index is 0.118. The van der Waals surface area contributed by atoms with Crippen molar-refractivity contribution in [3.8, 4) is 11.5 Å². The molecule has 118 valence electrons. The van der Waals surface area contributed by atoms with E-state index < -0.39 is 16.4 Å². The average Bonchev–Trinajstić information content (AvgIpc) is 2.96. The van der Waals surface area contributed by atoms with Crippen molar-refractivity contribution in [1.82, 2.24) is 0 Å². The maximum Gasteiger partial charge on any atom is 0.308 e. The second kappa shape index (κ2) is 6.21. The summed E-state index contributed by atoms with van der Waals surface area (Å²) < 4.78 is 25.4. The van der Waals surface area contributed by atoms with Gasteiger partial charge in [0.25, 0.3) is 0 Å². The quantitative estimate of drug-likeness (QED) is 0.508. The lowest BCUT2D eigenvalue weighted by molar-refractivity contribution is -0.387. The lowest BCUT2D eigenvalue weighted by Crippen LogP contribution is -2.00. The number of nitro groups is 1. The first-order valence-corrected chi connectivity index (χ1v) is 7.58. The van der Waals surface area contributed by atoms with Crippen LogP contribution in [0.3, 0.4) is 0 Å². The zero-order valence-electron chi connectivity index (χ0n) is 12.1. The third-order valence-electron chi connectivity index (χ3n) is 3.37. The minimum atomic E-state index is -0.958. The number of methoxy groups -OCH3 is 1. The molecule has 0 radical (unpaired) electrons. The van der Waals surface area contributed by atoms with E-state index in [1.807, 2.05) is 29.6 Å². The van der Waals surface area contributed by atoms with Crippen molar-refractivity contribution in [2.75, 3.05) is 7.11 Å². The molecule has 1 heterocycles. The number of benzene rings is 2. The summed E-state index contributed by atoms with van der Waals surface area (Å²) in [6.45, 7) is 0.211. The number of halogens is 1. The molecular weight excluding hydrogens is 321 g/mol. The van der Waals surface area contributed by atoms with Gasteiger partial charge >= 0.3 is 5.69 Å². The van der Waals surface area contributed by atoms with Gasteiger partial charge in [-0.15, -0.1) is 11.3 Å². The molecule has 0 aliphatic heterocycles. The first-order valence-electron chi connectivity index (χ1n) is 6.70. The third-order valence-corrected chi connectivity index (χ3v) is 4.39. The second-order valence-electron chi connectivity index (χ2n) is 4.76. The maximum absolute atomic E-state index is 13.6. The van der Waals surface area contributed by atoms with Gasteiger partial charge in [0.15, 0.2) is 11.5 Å². The molecule has 0 aliphatic rings. The molecule has 0 atom stereocenters. The molecule has 1 aromatic heterocycles. The van der Waals surface area contributed by atoms with Gasteiger partial charge in [-0.1, -0.05) is 18.2 Å². The van der Waals surface area contributed by atoms with Gasteiger partial charge in [-0.3, -0.25) is 10.1 Å². The number of fused-ring (bicyclic) bond motifs is 1. The molecule has 23 heavy (non-hydrogen) atoms. The highest BCUT2D eigenvalue weighted by Crippen LogP contribution is 2.35. The van der Waals surface area contributed by atoms with Gasteiger partial charge < -0.3 is 9.47 Å². The SMILES string of the molecule is COc1cc(F)c([N+](=O)[O-])cc1OCc1csc2ccccc12. The number of hydrogen-bond acceptors (Lipinski definition) is 5. The van der Waals surface area contributed by atoms with Gasteiger partial charge in [0.1, 0.15) is 6.61 Å². The second-order valence-corrected chi connectivity index (χ2v) is 5.67. The molecule has 0 saturated carbocycles. The molecule has 0 N–H and O–H groups in total. The van der Waals surface area contributed by atoms with Crippen molar-refractivity contribution in [3.63, 3.8) is 0 Å². The minimum Gasteiger partial charge on any atom is -0.493 e. The molecule has 0 saturated heterocycles. The number of nitro benzene ring substituents is 1. The molecule has 0 fully saturated rings. The molecule has 2 aromatic carbocycles. The van der Waals surface area contributed by atoms with E-state index in [1.54, 1.807) is 11.3 Å². The van der Waals surface area contributed by atoms with Crippen LogP contribution < -0.4 is 9.47 Å². The standard InChI is InChI=1S/C16H12FNO4S/c1-21-14-6-12(17)13(18(19)20)7-15(14)22-8-10-9-23-16-5-3-2-4-11(10)16/h2-7,9H,8H2,1H3. The van der Waals surface area contributed by atoms with Crippen LogP contribution >= 0.6 is 11.3 Å². The van der Waals surface area contributed by atoms with Crippen LogP contribution in [-0.4, -0.2) is 12.0 Å². The van der Waals surface area contributed by atoms with E-state index in [0.29, 0.717) is 0 Å². The molecule has 7 heteroatoms. The number of hydrogen-bond donors (Lipinski definition) is 0. The summed E-state index contributed by atoms with van der Waals surface area (Å²) in [5.41, 5.74) is 0.315. The highest BCUT2D eigenvalue weighted by atomic mass is 32.1. The predicted octanol–water partition coefficient (Wildman–Crippen LogP) is 4.54. The smallest absolute Gasteiger partial charge is 0.308 e. The van der Waals surface area contributed by atoms with Crippen LogP contribution in [-0.2, 0) is 6.61 Å². The van der Waals surface area contributed by atoms with Crippen LogP contribution in [0.15, 0.2) is 41.8 Å². The summed E-state index contributed by atoms with van der Waals surface area (Å²) in [4.78, 5) is 10.1. The number of ether oxygens (including phenoxy) is 2. The van der Waals surface area contributed by atoms with Crippen LogP contribution in [0.5, 0.6) is 11.5 Å². The fourth-order valence-corrected chi connectivity index (χ4v) is 3.18. The topological polar surface area (TPSA) is 61.6 Å². The Bertz CT molecular complexity index is 878. The largest absolute Gasteiger partial charge is 0.493 e. The fourth-order valence-electron chi connectivity index (χ4n) is 2.24. The Balaban J connectivity index is 1.90. The maximum atomic E-state index is 13.6. The van der Waals surface area contributed by atoms with E-state index >= 15 is 0 Å². The first-order chi connectivity index (χ1) is 11.1. The zero-order chi connectivity index (χ0) is 16.4. The zero-order valence-corrected chi connectivity index (χ0v) is 12.9. The van der Waals surface area contributed by atoms with E-state index in [0.717, 1.165) is 27.8 Å². The molecule has 0 aliphatic carbocycles. The van der Waals surface area contributed by atoms with Gasteiger partial charge in [0.2, 0.25) is 5.82 Å². The summed E-state index contributed by atoms with van der Waals surface area (Å²) in [5.74, 6) is -0.705. The Morgan fingerprint density at radius 3 is 2.78 bits per heavy atom. The van der Waals surface area contributed by atoms with Crippen LogP contribution in [0, 0.1) is 15.9 Å². The van der Waals surface area contributed by atoms with Crippen molar-refractivity contribution < 1.29 is 18.8 Å². The molecule has 3 rings (SSSR count). The van der Waals surface area contributed by atoms with Crippen molar-refractivity contribution >= 4 is 27.1 Å². The molecule has 5 nitrogen and oxygen atoms in total. The Kier molecular flexibility index (Phi) is 4.12. The van der Waals surface area contributed by atoms with Crippen molar-refractivity contribution in [3.05, 3.63) is 63.3 Å². The molecule has 0 spiro atoms. The van der Waals surface area contributed by atoms with Gasteiger partial charge in [-0.2, -0.15) is 4.39 Å². The number of nitrogens with zero attached hydrogens (tertiary/aromatic N) is 1. The van der Waals surface area contributed by atoms with Crippen molar-refractivity contribution in [2.24, 2.45) is 0 Å². The highest BCUT2D eigenvalue weighted by Gasteiger charge is 2.20. The number of rotatable bonds is 5. The van der Waals surface area contributed by atoms with Crippen LogP contribution in [0.4, 0.5) is 10.1 Å². The molecule has 0 unspecified atom stereocenters. The molecular formula is C16H12FNO4S. The fraction of sp³-hybridized carbons (Fsp3) is 0.125. The lowest BCUT2D eigenvalue weighted by atomic mass is 10.2. The summed E-state index contributed by atoms with van der Waals surface area (Å²) in [6.07, 6.45) is 0. The summed E-state index contributed by atoms with van der Waals surface area (Å²) >= 11 is 1.59. The van der Waals surface area contributed by atoms with E-state index in [1.165, 1.54) is 7.11 Å². The molecule has 0 bridgehead atoms. The Labute approximate surface area is 135 Å². The number of thiophene rings is 1.